The van der Waals surface area contributed by atoms with Crippen molar-refractivity contribution in [1.29, 1.82) is 0 Å². The number of hydrazone groups is 2. The van der Waals surface area contributed by atoms with Crippen LogP contribution < -0.4 is 54.2 Å². The highest BCUT2D eigenvalue weighted by molar-refractivity contribution is 7.99. The predicted octanol–water partition coefficient (Wildman–Crippen LogP) is -2.00. The lowest BCUT2D eigenvalue weighted by molar-refractivity contribution is -0.387. The molecular weight excluding hydrogens is 1120 g/mol. The van der Waals surface area contributed by atoms with E-state index in [2.05, 4.69) is 53.0 Å². The number of thioether (sulfide) groups is 2. The fraction of sp³-hybridized carbons (Fsp3) is 0.375. The van der Waals surface area contributed by atoms with Crippen molar-refractivity contribution < 1.29 is 78.2 Å². The summed E-state index contributed by atoms with van der Waals surface area (Å²) in [5.41, 5.74) is 15.8. The molecule has 0 fully saturated rings. The van der Waals surface area contributed by atoms with E-state index in [0.29, 0.717) is 11.1 Å². The Morgan fingerprint density at radius 1 is 0.585 bits per heavy atom. The van der Waals surface area contributed by atoms with Gasteiger partial charge in [-0.05, 0) is 49.9 Å². The van der Waals surface area contributed by atoms with Crippen molar-refractivity contribution in [3.8, 4) is 0 Å². The van der Waals surface area contributed by atoms with Crippen LogP contribution in [0.5, 0.6) is 0 Å². The van der Waals surface area contributed by atoms with Crippen molar-refractivity contribution >= 4 is 107 Å². The van der Waals surface area contributed by atoms with Crippen molar-refractivity contribution in [2.24, 2.45) is 21.7 Å². The summed E-state index contributed by atoms with van der Waals surface area (Å²) < 4.78 is 0. The molecule has 3 aromatic rings. The number of nitro benzene ring substituents is 2. The number of carbonyl (C=O) groups excluding carboxylic acids is 6. The van der Waals surface area contributed by atoms with Crippen molar-refractivity contribution in [2.45, 2.75) is 85.6 Å². The number of hydrogen-bond acceptors (Lipinski definition) is 22. The van der Waals surface area contributed by atoms with E-state index in [1.807, 2.05) is 0 Å². The Bertz CT molecular complexity index is 2730. The van der Waals surface area contributed by atoms with Crippen molar-refractivity contribution in [2.75, 3.05) is 37.7 Å². The molecule has 0 bridgehead atoms. The second-order valence-electron chi connectivity index (χ2n) is 17.5. The number of nitrogens with two attached hydrogens (primary N) is 2. The first-order valence-corrected chi connectivity index (χ1v) is 26.3. The van der Waals surface area contributed by atoms with Crippen LogP contribution in [0.4, 0.5) is 11.4 Å². The van der Waals surface area contributed by atoms with E-state index < -0.39 is 130 Å². The van der Waals surface area contributed by atoms with Crippen LogP contribution in [0.3, 0.4) is 0 Å². The number of carboxylic acid groups (broad SMARTS) is 4. The van der Waals surface area contributed by atoms with Gasteiger partial charge in [0.25, 0.3) is 23.2 Å². The number of amides is 6. The van der Waals surface area contributed by atoms with Gasteiger partial charge in [-0.2, -0.15) is 10.2 Å². The minimum Gasteiger partial charge on any atom is -0.480 e. The van der Waals surface area contributed by atoms with Gasteiger partial charge in [-0.1, -0.05) is 36.4 Å². The molecule has 3 aromatic carbocycles. The van der Waals surface area contributed by atoms with Crippen LogP contribution >= 0.6 is 23.5 Å². The highest BCUT2D eigenvalue weighted by Gasteiger charge is 2.26. The SMILES string of the molecule is C[C@H](NC(=O)Cc1cccc(CC(=O)N[C@@H](C)C(=O)N/N=C/c2ccc(SC[C@@H](NCC(=O)O)C(=O)NCC[C@H](N)C(=O)O)c([N+](=O)[O-])c2)c1)C(=O)N/N=C/c1ccc(SC[C@@H](NCC(=O)O)C(=O)NCC[C@H](N)C(=O)O)c([N+](=O)[O-])c1. The molecule has 0 aromatic heterocycles. The van der Waals surface area contributed by atoms with Gasteiger partial charge in [0.2, 0.25) is 23.6 Å². The summed E-state index contributed by atoms with van der Waals surface area (Å²) in [6.45, 7) is 1.25. The number of carbonyl (C=O) groups is 10. The molecule has 0 spiro atoms. The Balaban J connectivity index is 1.50. The van der Waals surface area contributed by atoms with Crippen LogP contribution in [-0.4, -0.2) is 176 Å². The monoisotopic (exact) mass is 1180 g/mol. The van der Waals surface area contributed by atoms with E-state index in [-0.39, 0.29) is 71.2 Å². The molecule has 6 amide bonds. The number of aliphatic carboxylic acids is 4. The maximum absolute atomic E-state index is 12.9. The molecule has 0 saturated carbocycles. The average Bonchev–Trinajstić information content (AvgIpc) is 3.42. The van der Waals surface area contributed by atoms with Crippen LogP contribution in [0.25, 0.3) is 0 Å². The van der Waals surface area contributed by atoms with Crippen LogP contribution in [0.2, 0.25) is 0 Å². The summed E-state index contributed by atoms with van der Waals surface area (Å²) in [7, 11) is 0. The zero-order valence-corrected chi connectivity index (χ0v) is 45.4. The standard InChI is InChI=1S/C48H60N14O18S2/c1-25(43(69)59-55-19-29-6-8-37(35(15-29)61(77)78)81-23-33(53-21-41(65)66)45(71)51-12-10-31(49)47(73)74)57-39(63)17-27-4-3-5-28(14-27)18-40(64)58-26(2)44(70)60-56-20-30-7-9-38(36(16-30)62(79)80)82-24-34(54-22-42(67)68)46(72)52-13-11-32(50)48(75)76/h3-9,14-16,19-20,25-26,31-34,53-54H,10-13,17-18,21-24,49-50H2,1-2H3,(H,51,71)(H,52,72)(H,57,63)(H,58,64)(H,59,69)(H,60,70)(H,65,66)(H,67,68)(H,73,74)(H,75,76)/b55-19+,56-20+/t25-,26-,31-,32-,33+,34+/m0/s1. The molecule has 0 saturated heterocycles. The van der Waals surface area contributed by atoms with Crippen molar-refractivity contribution in [1.82, 2.24) is 42.8 Å². The molecular formula is C48H60N14O18S2. The molecule has 442 valence electrons. The zero-order chi connectivity index (χ0) is 61.1. The number of nitro groups is 2. The number of nitrogens with zero attached hydrogens (tertiary/aromatic N) is 4. The fourth-order valence-corrected chi connectivity index (χ4v) is 8.77. The first kappa shape index (κ1) is 67.3. The maximum atomic E-state index is 12.9. The first-order chi connectivity index (χ1) is 38.7. The minimum atomic E-state index is -1.28. The molecule has 0 aliphatic rings. The van der Waals surface area contributed by atoms with Crippen molar-refractivity contribution in [3.05, 3.63) is 103 Å². The quantitative estimate of drug-likeness (QED) is 0.0130. The molecule has 6 atom stereocenters. The second kappa shape index (κ2) is 34.2. The predicted molar refractivity (Wildman–Crippen MR) is 294 cm³/mol. The largest absolute Gasteiger partial charge is 0.480 e. The van der Waals surface area contributed by atoms with Gasteiger partial charge in [-0.25, -0.2) is 10.9 Å². The lowest BCUT2D eigenvalue weighted by atomic mass is 10.0. The normalized spacial score (nSPS) is 13.3. The van der Waals surface area contributed by atoms with Crippen molar-refractivity contribution in [3.63, 3.8) is 0 Å². The van der Waals surface area contributed by atoms with E-state index in [0.717, 1.165) is 48.1 Å². The number of carboxylic acids is 4. The van der Waals surface area contributed by atoms with Gasteiger partial charge in [-0.3, -0.25) is 78.8 Å². The first-order valence-electron chi connectivity index (χ1n) is 24.3. The van der Waals surface area contributed by atoms with Crippen LogP contribution in [-0.2, 0) is 60.8 Å². The number of nitrogens with one attached hydrogen (secondary N) is 8. The van der Waals surface area contributed by atoms with Gasteiger partial charge in [0.1, 0.15) is 24.2 Å². The summed E-state index contributed by atoms with van der Waals surface area (Å²) in [5.74, 6) is -9.48. The van der Waals surface area contributed by atoms with E-state index >= 15 is 0 Å². The fourth-order valence-electron chi connectivity index (χ4n) is 6.65. The van der Waals surface area contributed by atoms with Crippen LogP contribution in [0, 0.1) is 20.2 Å². The van der Waals surface area contributed by atoms with Gasteiger partial charge in [0, 0.05) is 47.9 Å². The molecule has 0 radical (unpaired) electrons. The molecule has 0 unspecified atom stereocenters. The third kappa shape index (κ3) is 24.6. The van der Waals surface area contributed by atoms with Crippen LogP contribution in [0.1, 0.15) is 48.9 Å². The highest BCUT2D eigenvalue weighted by Crippen LogP contribution is 2.31. The molecule has 0 aliphatic heterocycles. The van der Waals surface area contributed by atoms with Gasteiger partial charge < -0.3 is 53.2 Å². The Morgan fingerprint density at radius 3 is 1.30 bits per heavy atom. The third-order valence-electron chi connectivity index (χ3n) is 11.0. The lowest BCUT2D eigenvalue weighted by Gasteiger charge is -2.18. The number of benzene rings is 3. The van der Waals surface area contributed by atoms with Gasteiger partial charge >= 0.3 is 23.9 Å². The Morgan fingerprint density at radius 2 is 0.963 bits per heavy atom. The molecule has 82 heavy (non-hydrogen) atoms. The van der Waals surface area contributed by atoms with E-state index in [1.54, 1.807) is 24.3 Å². The summed E-state index contributed by atoms with van der Waals surface area (Å²) in [4.78, 5) is 144. The Hall–Kier alpha value is -8.96. The lowest BCUT2D eigenvalue weighted by Crippen LogP contribution is -2.48. The smallest absolute Gasteiger partial charge is 0.320 e. The summed E-state index contributed by atoms with van der Waals surface area (Å²) >= 11 is 1.73. The van der Waals surface area contributed by atoms with E-state index in [9.17, 15) is 68.2 Å². The summed E-state index contributed by atoms with van der Waals surface area (Å²) in [6.07, 6.45) is 1.57. The molecule has 0 heterocycles. The van der Waals surface area contributed by atoms with Gasteiger partial charge in [0.15, 0.2) is 0 Å². The minimum absolute atomic E-state index is 0.102. The number of rotatable bonds is 36. The van der Waals surface area contributed by atoms with Gasteiger partial charge in [0.05, 0.1) is 70.1 Å². The Kier molecular flexibility index (Phi) is 28.1. The molecule has 16 N–H and O–H groups in total. The average molecular weight is 1190 g/mol. The molecule has 34 heteroatoms. The molecule has 3 rings (SSSR count). The van der Waals surface area contributed by atoms with Gasteiger partial charge in [-0.15, -0.1) is 23.5 Å². The highest BCUT2D eigenvalue weighted by atomic mass is 32.2. The third-order valence-corrected chi connectivity index (χ3v) is 13.3. The zero-order valence-electron chi connectivity index (χ0n) is 43.7. The summed E-state index contributed by atoms with van der Waals surface area (Å²) in [5, 5.41) is 82.7. The second-order valence-corrected chi connectivity index (χ2v) is 19.6. The van der Waals surface area contributed by atoms with E-state index in [4.69, 9.17) is 31.9 Å². The summed E-state index contributed by atoms with van der Waals surface area (Å²) in [6, 6.07) is 7.20. The topological polar surface area (TPSA) is 511 Å². The Labute approximate surface area is 474 Å². The maximum Gasteiger partial charge on any atom is 0.320 e. The molecule has 0 aliphatic carbocycles. The number of hydrogen-bond donors (Lipinski definition) is 14. The molecule has 32 nitrogen and oxygen atoms in total. The van der Waals surface area contributed by atoms with E-state index in [1.165, 1.54) is 38.1 Å². The van der Waals surface area contributed by atoms with Crippen LogP contribution in [0.15, 0.2) is 80.7 Å².